The highest BCUT2D eigenvalue weighted by atomic mass is 35.5. The summed E-state index contributed by atoms with van der Waals surface area (Å²) >= 11 is 17.4. The second-order valence-corrected chi connectivity index (χ2v) is 7.32. The number of rotatable bonds is 3. The Morgan fingerprint density at radius 2 is 1.48 bits per heavy atom. The van der Waals surface area contributed by atoms with Crippen LogP contribution in [0.5, 0.6) is 5.75 Å². The summed E-state index contributed by atoms with van der Waals surface area (Å²) < 4.78 is 26.9. The van der Waals surface area contributed by atoms with Gasteiger partial charge in [0.05, 0.1) is 10.6 Å². The summed E-state index contributed by atoms with van der Waals surface area (Å²) in [6, 6.07) is 6.76. The van der Waals surface area contributed by atoms with Crippen LogP contribution < -0.4 is 4.72 Å². The molecule has 2 aromatic carbocycles. The van der Waals surface area contributed by atoms with Crippen LogP contribution in [0.1, 0.15) is 5.56 Å². The van der Waals surface area contributed by atoms with Gasteiger partial charge in [0, 0.05) is 15.1 Å². The van der Waals surface area contributed by atoms with E-state index in [1.165, 1.54) is 30.3 Å². The summed E-state index contributed by atoms with van der Waals surface area (Å²) in [6.07, 6.45) is 0. The fourth-order valence-corrected chi connectivity index (χ4v) is 3.76. The molecule has 0 bridgehead atoms. The Bertz CT molecular complexity index is 786. The highest BCUT2D eigenvalue weighted by molar-refractivity contribution is 7.92. The first kappa shape index (κ1) is 16.2. The third-order valence-electron chi connectivity index (χ3n) is 2.66. The average Bonchev–Trinajstić information content (AvgIpc) is 2.33. The van der Waals surface area contributed by atoms with Crippen molar-refractivity contribution in [1.82, 2.24) is 0 Å². The Morgan fingerprint density at radius 1 is 0.952 bits per heavy atom. The number of aromatic hydroxyl groups is 1. The molecule has 0 radical (unpaired) electrons. The van der Waals surface area contributed by atoms with Crippen molar-refractivity contribution in [1.29, 1.82) is 0 Å². The molecule has 21 heavy (non-hydrogen) atoms. The third-order valence-corrected chi connectivity index (χ3v) is 4.66. The first-order chi connectivity index (χ1) is 9.69. The topological polar surface area (TPSA) is 66.4 Å². The van der Waals surface area contributed by atoms with Crippen molar-refractivity contribution < 1.29 is 13.5 Å². The fraction of sp³-hybridized carbons (Fsp3) is 0.0769. The van der Waals surface area contributed by atoms with Gasteiger partial charge in [0.2, 0.25) is 0 Å². The first-order valence-corrected chi connectivity index (χ1v) is 8.29. The van der Waals surface area contributed by atoms with Crippen LogP contribution in [0.3, 0.4) is 0 Å². The summed E-state index contributed by atoms with van der Waals surface area (Å²) in [5.74, 6) is -0.198. The molecule has 2 N–H and O–H groups in total. The molecule has 0 saturated heterocycles. The van der Waals surface area contributed by atoms with E-state index in [2.05, 4.69) is 4.72 Å². The summed E-state index contributed by atoms with van der Waals surface area (Å²) in [4.78, 5) is -0.114. The van der Waals surface area contributed by atoms with Gasteiger partial charge in [-0.2, -0.15) is 0 Å². The molecule has 0 aliphatic carbocycles. The minimum Gasteiger partial charge on any atom is -0.505 e. The van der Waals surface area contributed by atoms with Crippen LogP contribution >= 0.6 is 34.8 Å². The Balaban J connectivity index is 2.47. The number of phenolic OH excluding ortho intramolecular Hbond substituents is 1. The lowest BCUT2D eigenvalue weighted by molar-refractivity contribution is 0.473. The van der Waals surface area contributed by atoms with Crippen molar-refractivity contribution in [3.8, 4) is 5.75 Å². The molecule has 0 fully saturated rings. The predicted molar refractivity (Wildman–Crippen MR) is 85.1 cm³/mol. The van der Waals surface area contributed by atoms with Crippen LogP contribution in [0.15, 0.2) is 35.2 Å². The Hall–Kier alpha value is -1.14. The molecule has 0 unspecified atom stereocenters. The van der Waals surface area contributed by atoms with Gasteiger partial charge < -0.3 is 5.11 Å². The van der Waals surface area contributed by atoms with E-state index in [1.807, 2.05) is 0 Å². The lowest BCUT2D eigenvalue weighted by atomic mass is 10.2. The fourth-order valence-electron chi connectivity index (χ4n) is 1.70. The maximum absolute atomic E-state index is 12.3. The van der Waals surface area contributed by atoms with Crippen LogP contribution in [0.4, 0.5) is 5.69 Å². The summed E-state index contributed by atoms with van der Waals surface area (Å²) in [6.45, 7) is 1.61. The normalized spacial score (nSPS) is 11.4. The zero-order valence-electron chi connectivity index (χ0n) is 10.7. The van der Waals surface area contributed by atoms with Crippen LogP contribution in [-0.2, 0) is 10.0 Å². The standard InChI is InChI=1S/C13H10Cl3NO3S/c1-7-2-8(14)6-12(13(7)18)17-21(19,20)11-4-9(15)3-10(16)5-11/h2-6,17-18H,1H3. The van der Waals surface area contributed by atoms with Crippen molar-refractivity contribution in [2.24, 2.45) is 0 Å². The smallest absolute Gasteiger partial charge is 0.262 e. The summed E-state index contributed by atoms with van der Waals surface area (Å²) in [5, 5.41) is 10.6. The lowest BCUT2D eigenvalue weighted by Gasteiger charge is -2.12. The predicted octanol–water partition coefficient (Wildman–Crippen LogP) is 4.46. The molecular formula is C13H10Cl3NO3S. The SMILES string of the molecule is Cc1cc(Cl)cc(NS(=O)(=O)c2cc(Cl)cc(Cl)c2)c1O. The molecule has 8 heteroatoms. The Morgan fingerprint density at radius 3 is 2.05 bits per heavy atom. The average molecular weight is 367 g/mol. The molecule has 0 atom stereocenters. The van der Waals surface area contributed by atoms with Gasteiger partial charge in [0.25, 0.3) is 10.0 Å². The maximum Gasteiger partial charge on any atom is 0.262 e. The first-order valence-electron chi connectivity index (χ1n) is 5.67. The van der Waals surface area contributed by atoms with Crippen molar-refractivity contribution in [2.45, 2.75) is 11.8 Å². The van der Waals surface area contributed by atoms with E-state index >= 15 is 0 Å². The van der Waals surface area contributed by atoms with E-state index in [1.54, 1.807) is 6.92 Å². The highest BCUT2D eigenvalue weighted by Gasteiger charge is 2.18. The van der Waals surface area contributed by atoms with E-state index < -0.39 is 10.0 Å². The van der Waals surface area contributed by atoms with Crippen LogP contribution in [-0.4, -0.2) is 13.5 Å². The van der Waals surface area contributed by atoms with Gasteiger partial charge in [-0.15, -0.1) is 0 Å². The molecule has 0 spiro atoms. The number of nitrogens with one attached hydrogen (secondary N) is 1. The summed E-state index contributed by atoms with van der Waals surface area (Å²) in [5.41, 5.74) is 0.431. The molecule has 0 aromatic heterocycles. The van der Waals surface area contributed by atoms with Gasteiger partial charge in [-0.3, -0.25) is 4.72 Å². The number of sulfonamides is 1. The second-order valence-electron chi connectivity index (χ2n) is 4.33. The van der Waals surface area contributed by atoms with E-state index in [0.717, 1.165) is 0 Å². The molecule has 0 amide bonds. The minimum atomic E-state index is -3.95. The van der Waals surface area contributed by atoms with Gasteiger partial charge in [-0.25, -0.2) is 8.42 Å². The number of phenols is 1. The zero-order chi connectivity index (χ0) is 15.8. The number of anilines is 1. The maximum atomic E-state index is 12.3. The molecule has 4 nitrogen and oxygen atoms in total. The molecule has 0 aliphatic heterocycles. The number of benzene rings is 2. The molecule has 0 heterocycles. The monoisotopic (exact) mass is 365 g/mol. The zero-order valence-corrected chi connectivity index (χ0v) is 13.8. The van der Waals surface area contributed by atoms with Crippen molar-refractivity contribution in [2.75, 3.05) is 4.72 Å². The molecule has 0 saturated carbocycles. The third kappa shape index (κ3) is 3.74. The van der Waals surface area contributed by atoms with Crippen LogP contribution in [0.2, 0.25) is 15.1 Å². The molecule has 112 valence electrons. The molecule has 2 aromatic rings. The molecule has 2 rings (SSSR count). The number of halogens is 3. The Labute approximate surface area is 137 Å². The van der Waals surface area contributed by atoms with Gasteiger partial charge in [-0.05, 0) is 42.8 Å². The Kier molecular flexibility index (Phi) is 4.58. The van der Waals surface area contributed by atoms with E-state index in [-0.39, 0.29) is 26.4 Å². The van der Waals surface area contributed by atoms with Gasteiger partial charge >= 0.3 is 0 Å². The van der Waals surface area contributed by atoms with Gasteiger partial charge in [0.1, 0.15) is 5.75 Å². The van der Waals surface area contributed by atoms with Crippen molar-refractivity contribution in [3.63, 3.8) is 0 Å². The quantitative estimate of drug-likeness (QED) is 0.788. The van der Waals surface area contributed by atoms with Gasteiger partial charge in [0.15, 0.2) is 0 Å². The van der Waals surface area contributed by atoms with Gasteiger partial charge in [-0.1, -0.05) is 34.8 Å². The number of aryl methyl sites for hydroxylation is 1. The molecular weight excluding hydrogens is 357 g/mol. The van der Waals surface area contributed by atoms with Crippen LogP contribution in [0, 0.1) is 6.92 Å². The second kappa shape index (κ2) is 5.93. The van der Waals surface area contributed by atoms with E-state index in [0.29, 0.717) is 10.6 Å². The highest BCUT2D eigenvalue weighted by Crippen LogP contribution is 2.33. The summed E-state index contributed by atoms with van der Waals surface area (Å²) in [7, 11) is -3.95. The molecule has 0 aliphatic rings. The van der Waals surface area contributed by atoms with Crippen molar-refractivity contribution >= 4 is 50.5 Å². The van der Waals surface area contributed by atoms with Crippen LogP contribution in [0.25, 0.3) is 0 Å². The minimum absolute atomic E-state index is 0.0175. The lowest BCUT2D eigenvalue weighted by Crippen LogP contribution is -2.13. The van der Waals surface area contributed by atoms with Crippen molar-refractivity contribution in [3.05, 3.63) is 51.0 Å². The van der Waals surface area contributed by atoms with E-state index in [4.69, 9.17) is 34.8 Å². The number of hydrogen-bond acceptors (Lipinski definition) is 3. The van der Waals surface area contributed by atoms with E-state index in [9.17, 15) is 13.5 Å². The largest absolute Gasteiger partial charge is 0.505 e. The number of hydrogen-bond donors (Lipinski definition) is 2.